The minimum Gasteiger partial charge on any atom is -0.491 e. The number of alkyl halides is 3. The summed E-state index contributed by atoms with van der Waals surface area (Å²) in [5.41, 5.74) is -2.51. The highest BCUT2D eigenvalue weighted by Gasteiger charge is 2.41. The number of halogens is 3. The lowest BCUT2D eigenvalue weighted by Crippen LogP contribution is -2.56. The molecule has 1 saturated heterocycles. The van der Waals surface area contributed by atoms with E-state index in [0.29, 0.717) is 18.0 Å². The number of carboxylic acid groups (broad SMARTS) is 1. The molecule has 2 aromatic rings. The number of carbonyl (C=O) groups excluding carboxylic acids is 1. The van der Waals surface area contributed by atoms with Gasteiger partial charge in [-0.05, 0) is 75.4 Å². The monoisotopic (exact) mass is 715 g/mol. The zero-order chi connectivity index (χ0) is 36.5. The smallest absolute Gasteiger partial charge is 0.416 e. The minimum atomic E-state index is -4.72. The van der Waals surface area contributed by atoms with Crippen LogP contribution in [-0.4, -0.2) is 72.4 Å². The van der Waals surface area contributed by atoms with Crippen molar-refractivity contribution in [1.29, 1.82) is 0 Å². The highest BCUT2D eigenvalue weighted by atomic mass is 32.1. The molecule has 0 bridgehead atoms. The second-order valence-corrected chi connectivity index (χ2v) is 21.7. The van der Waals surface area contributed by atoms with Crippen LogP contribution >= 0.6 is 11.3 Å². The molecular formula is C34H52F3N3O6SSi. The van der Waals surface area contributed by atoms with Crippen LogP contribution in [0, 0.1) is 0 Å². The van der Waals surface area contributed by atoms with Crippen LogP contribution in [0.1, 0.15) is 96.0 Å². The number of amides is 2. The van der Waals surface area contributed by atoms with Gasteiger partial charge in [0.15, 0.2) is 13.1 Å². The highest BCUT2D eigenvalue weighted by molar-refractivity contribution is 7.09. The molecule has 1 aliphatic rings. The molecule has 0 spiro atoms. The van der Waals surface area contributed by atoms with Crippen LogP contribution in [0.2, 0.25) is 18.1 Å². The largest absolute Gasteiger partial charge is 0.491 e. The number of ether oxygens (including phenoxy) is 2. The van der Waals surface area contributed by atoms with Gasteiger partial charge in [-0.1, -0.05) is 41.5 Å². The summed E-state index contributed by atoms with van der Waals surface area (Å²) in [5.74, 6) is -1.04. The third kappa shape index (κ3) is 10.2. The Kier molecular flexibility index (Phi) is 12.1. The quantitative estimate of drug-likeness (QED) is 0.248. The molecule has 270 valence electrons. The predicted octanol–water partition coefficient (Wildman–Crippen LogP) is 8.33. The molecule has 9 nitrogen and oxygen atoms in total. The number of nitrogens with zero attached hydrogens (tertiary/aromatic N) is 3. The summed E-state index contributed by atoms with van der Waals surface area (Å²) in [6, 6.07) is 1.84. The van der Waals surface area contributed by atoms with Crippen LogP contribution in [0.25, 0.3) is 0 Å². The molecule has 2 heterocycles. The lowest BCUT2D eigenvalue weighted by Gasteiger charge is -2.42. The first-order chi connectivity index (χ1) is 21.8. The lowest BCUT2D eigenvalue weighted by molar-refractivity contribution is -0.137. The molecular weight excluding hydrogens is 664 g/mol. The van der Waals surface area contributed by atoms with E-state index in [2.05, 4.69) is 25.8 Å². The van der Waals surface area contributed by atoms with Crippen molar-refractivity contribution in [3.05, 3.63) is 45.2 Å². The number of rotatable bonds is 10. The van der Waals surface area contributed by atoms with Crippen molar-refractivity contribution in [2.24, 2.45) is 4.99 Å². The van der Waals surface area contributed by atoms with E-state index in [-0.39, 0.29) is 41.1 Å². The maximum Gasteiger partial charge on any atom is 0.416 e. The molecule has 2 amide bonds. The normalized spacial score (nSPS) is 17.5. The highest BCUT2D eigenvalue weighted by Crippen LogP contribution is 2.37. The Morgan fingerprint density at radius 3 is 2.25 bits per heavy atom. The maximum absolute atomic E-state index is 13.9. The van der Waals surface area contributed by atoms with Crippen LogP contribution in [0.5, 0.6) is 5.75 Å². The van der Waals surface area contributed by atoms with Gasteiger partial charge in [0.1, 0.15) is 12.4 Å². The number of aromatic nitrogens is 1. The number of benzene rings is 1. The Balaban J connectivity index is 2.07. The first-order valence-corrected chi connectivity index (χ1v) is 20.0. The Labute approximate surface area is 287 Å². The molecule has 1 aromatic carbocycles. The Morgan fingerprint density at radius 1 is 1.10 bits per heavy atom. The molecule has 48 heavy (non-hydrogen) atoms. The van der Waals surface area contributed by atoms with Crippen molar-refractivity contribution in [3.63, 3.8) is 0 Å². The Morgan fingerprint density at radius 2 is 1.75 bits per heavy atom. The van der Waals surface area contributed by atoms with Crippen LogP contribution in [-0.2, 0) is 27.3 Å². The van der Waals surface area contributed by atoms with Gasteiger partial charge in [-0.3, -0.25) is 9.69 Å². The minimum absolute atomic E-state index is 0.00235. The summed E-state index contributed by atoms with van der Waals surface area (Å²) in [4.78, 5) is 33.2. The molecule has 1 N–H and O–H groups in total. The van der Waals surface area contributed by atoms with Gasteiger partial charge < -0.3 is 23.6 Å². The van der Waals surface area contributed by atoms with E-state index in [1.165, 1.54) is 16.2 Å². The summed E-state index contributed by atoms with van der Waals surface area (Å²) in [7, 11) is -2.33. The molecule has 0 radical (unpaired) electrons. The van der Waals surface area contributed by atoms with E-state index in [4.69, 9.17) is 13.9 Å². The van der Waals surface area contributed by atoms with Gasteiger partial charge in [-0.25, -0.2) is 4.79 Å². The predicted molar refractivity (Wildman–Crippen MR) is 183 cm³/mol. The fraction of sp³-hybridized carbons (Fsp3) is 0.676. The summed E-state index contributed by atoms with van der Waals surface area (Å²) in [6.07, 6.45) is -2.27. The average Bonchev–Trinajstić information content (AvgIpc) is 3.58. The Bertz CT molecular complexity index is 1510. The zero-order valence-corrected chi connectivity index (χ0v) is 31.9. The maximum atomic E-state index is 13.9. The van der Waals surface area contributed by atoms with Crippen LogP contribution in [0.4, 0.5) is 18.0 Å². The van der Waals surface area contributed by atoms with Gasteiger partial charge in [-0.15, -0.1) is 11.3 Å². The number of hydrogen-bond acceptors (Lipinski definition) is 6. The third-order valence-electron chi connectivity index (χ3n) is 8.79. The van der Waals surface area contributed by atoms with Crippen molar-refractivity contribution in [3.8, 4) is 5.75 Å². The van der Waals surface area contributed by atoms with Crippen LogP contribution < -0.4 is 9.54 Å². The molecule has 1 aromatic heterocycles. The zero-order valence-electron chi connectivity index (χ0n) is 30.1. The van der Waals surface area contributed by atoms with Gasteiger partial charge in [0, 0.05) is 23.2 Å². The molecule has 14 heteroatoms. The van der Waals surface area contributed by atoms with Gasteiger partial charge >= 0.3 is 12.3 Å². The van der Waals surface area contributed by atoms with E-state index >= 15 is 0 Å². The molecule has 0 aliphatic carbocycles. The van der Waals surface area contributed by atoms with E-state index in [0.717, 1.165) is 35.9 Å². The van der Waals surface area contributed by atoms with Crippen molar-refractivity contribution in [2.75, 3.05) is 19.8 Å². The third-order valence-corrected chi connectivity index (χ3v) is 14.7. The summed E-state index contributed by atoms with van der Waals surface area (Å²) >= 11 is 1.30. The SMILES string of the molecule is CC(C)(C)c1cn(C[C@H]2CCCO2)/c(=N/C(=O)c2cc(C(F)(F)F)ccc2OC[C@H](CO[Si](C)(C)C(C)(C)C)N(C(=O)O)C(C)(C)C)s1. The number of carbonyl (C=O) groups is 2. The van der Waals surface area contributed by atoms with Crippen molar-refractivity contribution in [2.45, 2.75) is 129 Å². The Hall–Kier alpha value is -2.68. The molecule has 2 atom stereocenters. The second kappa shape index (κ2) is 14.7. The first kappa shape index (κ1) is 39.8. The molecule has 1 aliphatic heterocycles. The van der Waals surface area contributed by atoms with Crippen molar-refractivity contribution >= 4 is 31.7 Å². The lowest BCUT2D eigenvalue weighted by atomic mass is 9.95. The van der Waals surface area contributed by atoms with E-state index in [9.17, 15) is 27.9 Å². The topological polar surface area (TPSA) is 103 Å². The first-order valence-electron chi connectivity index (χ1n) is 16.2. The summed E-state index contributed by atoms with van der Waals surface area (Å²) < 4.78 is 61.7. The number of hydrogen-bond donors (Lipinski definition) is 1. The van der Waals surface area contributed by atoms with Crippen LogP contribution in [0.15, 0.2) is 29.4 Å². The summed E-state index contributed by atoms with van der Waals surface area (Å²) in [5, 5.41) is 10.1. The van der Waals surface area contributed by atoms with Gasteiger partial charge in [-0.2, -0.15) is 18.2 Å². The van der Waals surface area contributed by atoms with Gasteiger partial charge in [0.25, 0.3) is 5.91 Å². The fourth-order valence-electron chi connectivity index (χ4n) is 4.99. The van der Waals surface area contributed by atoms with Gasteiger partial charge in [0.2, 0.25) is 0 Å². The van der Waals surface area contributed by atoms with E-state index in [1.54, 1.807) is 20.8 Å². The van der Waals surface area contributed by atoms with Gasteiger partial charge in [0.05, 0.1) is 36.4 Å². The molecule has 0 saturated carbocycles. The van der Waals surface area contributed by atoms with Crippen LogP contribution in [0.3, 0.4) is 0 Å². The fourth-order valence-corrected chi connectivity index (χ4v) is 7.09. The van der Waals surface area contributed by atoms with Crippen molar-refractivity contribution < 1.29 is 41.8 Å². The average molecular weight is 716 g/mol. The molecule has 3 rings (SSSR count). The number of thiazole rings is 1. The van der Waals surface area contributed by atoms with E-state index < -0.39 is 43.6 Å². The summed E-state index contributed by atoms with van der Waals surface area (Å²) in [6.45, 7) is 22.4. The molecule has 0 unspecified atom stereocenters. The molecule has 1 fully saturated rings. The standard InChI is InChI=1S/C34H52F3N3O6SSi/c1-31(2,3)27-19-39(18-24-13-12-16-44-24)29(47-27)38-28(41)25-17-22(34(35,36)37)14-15-26(25)45-20-23(40(30(42)43)32(4,5)6)21-46-48(10,11)33(7,8)9/h14-15,17,19,23-24H,12-13,16,18,20-21H2,1-11H3,(H,42,43)/b38-29-/t23-,24-/m1/s1. The van der Waals surface area contributed by atoms with E-state index in [1.807, 2.05) is 44.6 Å². The second-order valence-electron chi connectivity index (χ2n) is 15.9. The van der Waals surface area contributed by atoms with Crippen molar-refractivity contribution in [1.82, 2.24) is 9.47 Å².